The lowest BCUT2D eigenvalue weighted by molar-refractivity contribution is 0.478. The molecule has 0 atom stereocenters. The van der Waals surface area contributed by atoms with Crippen molar-refractivity contribution in [3.05, 3.63) is 59.1 Å². The van der Waals surface area contributed by atoms with E-state index in [0.717, 1.165) is 27.5 Å². The van der Waals surface area contributed by atoms with Crippen LogP contribution in [0.4, 0.5) is 5.69 Å². The van der Waals surface area contributed by atoms with Crippen molar-refractivity contribution < 1.29 is 5.11 Å². The van der Waals surface area contributed by atoms with E-state index in [1.165, 1.54) is 0 Å². The number of nitrogen functional groups attached to an aromatic ring is 1. The quantitative estimate of drug-likeness (QED) is 0.633. The van der Waals surface area contributed by atoms with Crippen LogP contribution in [0.15, 0.2) is 48.5 Å². The van der Waals surface area contributed by atoms with Gasteiger partial charge in [-0.05, 0) is 41.5 Å². The maximum atomic E-state index is 10.3. The predicted molar refractivity (Wildman–Crippen MR) is 85.2 cm³/mol. The van der Waals surface area contributed by atoms with Crippen LogP contribution in [0.3, 0.4) is 0 Å². The third kappa shape index (κ3) is 1.98. The zero-order valence-electron chi connectivity index (χ0n) is 11.0. The summed E-state index contributed by atoms with van der Waals surface area (Å²) in [4.78, 5) is 0. The third-order valence-electron chi connectivity index (χ3n) is 3.45. The maximum absolute atomic E-state index is 10.3. The van der Waals surface area contributed by atoms with Crippen LogP contribution in [-0.2, 0) is 0 Å². The average molecular weight is 284 g/mol. The van der Waals surface area contributed by atoms with Gasteiger partial charge in [0.1, 0.15) is 5.75 Å². The van der Waals surface area contributed by atoms with Gasteiger partial charge in [-0.3, -0.25) is 0 Å². The standard InChI is InChI=1S/C17H14ClNO/c1-10-8-13(17(19)14(18)9-10)16-12-5-3-2-4-11(12)6-7-15(16)20/h2-9,20H,19H2,1H3. The van der Waals surface area contributed by atoms with E-state index >= 15 is 0 Å². The molecule has 3 N–H and O–H groups in total. The Labute approximate surface area is 122 Å². The van der Waals surface area contributed by atoms with Crippen molar-refractivity contribution >= 4 is 28.1 Å². The molecule has 0 aliphatic carbocycles. The van der Waals surface area contributed by atoms with Gasteiger partial charge in [-0.25, -0.2) is 0 Å². The van der Waals surface area contributed by atoms with Crippen LogP contribution < -0.4 is 5.73 Å². The highest BCUT2D eigenvalue weighted by atomic mass is 35.5. The Morgan fingerprint density at radius 3 is 2.60 bits per heavy atom. The number of phenols is 1. The Balaban J connectivity index is 2.43. The van der Waals surface area contributed by atoms with Crippen LogP contribution in [0.25, 0.3) is 21.9 Å². The number of halogens is 1. The smallest absolute Gasteiger partial charge is 0.124 e. The molecule has 3 aromatic carbocycles. The van der Waals surface area contributed by atoms with Crippen molar-refractivity contribution in [1.82, 2.24) is 0 Å². The summed E-state index contributed by atoms with van der Waals surface area (Å²) in [6.45, 7) is 1.96. The molecule has 3 heteroatoms. The number of aromatic hydroxyl groups is 1. The molecule has 0 heterocycles. The summed E-state index contributed by atoms with van der Waals surface area (Å²) in [6.07, 6.45) is 0. The normalized spacial score (nSPS) is 10.9. The minimum absolute atomic E-state index is 0.206. The minimum Gasteiger partial charge on any atom is -0.507 e. The molecule has 3 aromatic rings. The number of benzene rings is 3. The monoisotopic (exact) mass is 283 g/mol. The zero-order chi connectivity index (χ0) is 14.3. The average Bonchev–Trinajstić information content (AvgIpc) is 2.43. The van der Waals surface area contributed by atoms with E-state index in [2.05, 4.69) is 0 Å². The molecule has 0 aliphatic rings. The van der Waals surface area contributed by atoms with Crippen LogP contribution in [0.2, 0.25) is 5.02 Å². The van der Waals surface area contributed by atoms with Gasteiger partial charge in [-0.15, -0.1) is 0 Å². The molecular weight excluding hydrogens is 270 g/mol. The molecule has 0 bridgehead atoms. The van der Waals surface area contributed by atoms with E-state index in [9.17, 15) is 5.11 Å². The lowest BCUT2D eigenvalue weighted by Crippen LogP contribution is -1.94. The fraction of sp³-hybridized carbons (Fsp3) is 0.0588. The second-order valence-corrected chi connectivity index (χ2v) is 5.30. The molecule has 0 aliphatic heterocycles. The first kappa shape index (κ1) is 12.8. The molecule has 0 radical (unpaired) electrons. The second-order valence-electron chi connectivity index (χ2n) is 4.89. The van der Waals surface area contributed by atoms with E-state index in [4.69, 9.17) is 17.3 Å². The Kier molecular flexibility index (Phi) is 3.03. The summed E-state index contributed by atoms with van der Waals surface area (Å²) in [5, 5.41) is 12.8. The van der Waals surface area contributed by atoms with Gasteiger partial charge in [-0.1, -0.05) is 41.9 Å². The first-order valence-corrected chi connectivity index (χ1v) is 6.72. The van der Waals surface area contributed by atoms with E-state index in [-0.39, 0.29) is 5.75 Å². The molecule has 2 nitrogen and oxygen atoms in total. The number of aryl methyl sites for hydroxylation is 1. The van der Waals surface area contributed by atoms with Gasteiger partial charge >= 0.3 is 0 Å². The topological polar surface area (TPSA) is 46.2 Å². The van der Waals surface area contributed by atoms with Gasteiger partial charge in [0, 0.05) is 11.1 Å². The fourth-order valence-electron chi connectivity index (χ4n) is 2.50. The molecule has 20 heavy (non-hydrogen) atoms. The van der Waals surface area contributed by atoms with E-state index in [1.54, 1.807) is 6.07 Å². The molecule has 0 unspecified atom stereocenters. The zero-order valence-corrected chi connectivity index (χ0v) is 11.8. The molecule has 0 saturated carbocycles. The number of phenolic OH excluding ortho intramolecular Hbond substituents is 1. The molecule has 100 valence electrons. The Hall–Kier alpha value is -2.19. The van der Waals surface area contributed by atoms with Crippen molar-refractivity contribution in [3.8, 4) is 16.9 Å². The van der Waals surface area contributed by atoms with Crippen LogP contribution in [0.5, 0.6) is 5.75 Å². The number of nitrogens with two attached hydrogens (primary N) is 1. The predicted octanol–water partition coefficient (Wildman–Crippen LogP) is 4.76. The van der Waals surface area contributed by atoms with Gasteiger partial charge in [0.2, 0.25) is 0 Å². The summed E-state index contributed by atoms with van der Waals surface area (Å²) >= 11 is 6.17. The highest BCUT2D eigenvalue weighted by Gasteiger charge is 2.14. The second kappa shape index (κ2) is 4.73. The molecular formula is C17H14ClNO. The Bertz CT molecular complexity index is 811. The van der Waals surface area contributed by atoms with Gasteiger partial charge in [0.15, 0.2) is 0 Å². The van der Waals surface area contributed by atoms with Gasteiger partial charge in [0.25, 0.3) is 0 Å². The summed E-state index contributed by atoms with van der Waals surface area (Å²) in [7, 11) is 0. The highest BCUT2D eigenvalue weighted by molar-refractivity contribution is 6.34. The molecule has 0 saturated heterocycles. The van der Waals surface area contributed by atoms with Crippen LogP contribution in [0, 0.1) is 6.92 Å². The summed E-state index contributed by atoms with van der Waals surface area (Å²) in [5.41, 5.74) is 9.09. The van der Waals surface area contributed by atoms with E-state index < -0.39 is 0 Å². The van der Waals surface area contributed by atoms with Crippen LogP contribution >= 0.6 is 11.6 Å². The van der Waals surface area contributed by atoms with Crippen LogP contribution in [-0.4, -0.2) is 5.11 Å². The van der Waals surface area contributed by atoms with Crippen molar-refractivity contribution in [2.45, 2.75) is 6.92 Å². The van der Waals surface area contributed by atoms with Crippen molar-refractivity contribution in [3.63, 3.8) is 0 Å². The highest BCUT2D eigenvalue weighted by Crippen LogP contribution is 2.41. The Morgan fingerprint density at radius 2 is 1.80 bits per heavy atom. The van der Waals surface area contributed by atoms with E-state index in [1.807, 2.05) is 49.4 Å². The molecule has 0 fully saturated rings. The van der Waals surface area contributed by atoms with Crippen LogP contribution in [0.1, 0.15) is 5.56 Å². The SMILES string of the molecule is Cc1cc(Cl)c(N)c(-c2c(O)ccc3ccccc23)c1. The maximum Gasteiger partial charge on any atom is 0.124 e. The van der Waals surface area contributed by atoms with E-state index in [0.29, 0.717) is 10.7 Å². The summed E-state index contributed by atoms with van der Waals surface area (Å²) in [5.74, 6) is 0.206. The molecule has 3 rings (SSSR count). The first-order chi connectivity index (χ1) is 9.58. The minimum atomic E-state index is 0.206. The Morgan fingerprint density at radius 1 is 1.05 bits per heavy atom. The number of rotatable bonds is 1. The van der Waals surface area contributed by atoms with Gasteiger partial charge in [0.05, 0.1) is 10.7 Å². The molecule has 0 spiro atoms. The lowest BCUT2D eigenvalue weighted by Gasteiger charge is -2.13. The van der Waals surface area contributed by atoms with Crippen molar-refractivity contribution in [2.75, 3.05) is 5.73 Å². The number of anilines is 1. The largest absolute Gasteiger partial charge is 0.507 e. The summed E-state index contributed by atoms with van der Waals surface area (Å²) < 4.78 is 0. The van der Waals surface area contributed by atoms with Gasteiger partial charge < -0.3 is 10.8 Å². The number of fused-ring (bicyclic) bond motifs is 1. The van der Waals surface area contributed by atoms with Crippen molar-refractivity contribution in [1.29, 1.82) is 0 Å². The third-order valence-corrected chi connectivity index (χ3v) is 3.76. The number of hydrogen-bond acceptors (Lipinski definition) is 2. The van der Waals surface area contributed by atoms with Gasteiger partial charge in [-0.2, -0.15) is 0 Å². The molecule has 0 amide bonds. The first-order valence-electron chi connectivity index (χ1n) is 6.34. The fourth-order valence-corrected chi connectivity index (χ4v) is 2.78. The molecule has 0 aromatic heterocycles. The number of hydrogen-bond donors (Lipinski definition) is 2. The van der Waals surface area contributed by atoms with Crippen molar-refractivity contribution in [2.24, 2.45) is 0 Å². The lowest BCUT2D eigenvalue weighted by atomic mass is 9.95. The summed E-state index contributed by atoms with van der Waals surface area (Å²) in [6, 6.07) is 15.2.